The van der Waals surface area contributed by atoms with Crippen molar-refractivity contribution >= 4 is 17.6 Å². The quantitative estimate of drug-likeness (QED) is 0.907. The predicted octanol–water partition coefficient (Wildman–Crippen LogP) is 2.62. The molecule has 0 saturated carbocycles. The summed E-state index contributed by atoms with van der Waals surface area (Å²) in [6.45, 7) is 0. The lowest BCUT2D eigenvalue weighted by Crippen LogP contribution is -1.97. The van der Waals surface area contributed by atoms with Gasteiger partial charge in [0, 0.05) is 12.4 Å². The molecule has 1 heterocycles. The van der Waals surface area contributed by atoms with Crippen LogP contribution in [0.5, 0.6) is 11.8 Å². The SMILES string of the molecule is O=C(O)c1ccc(Oc2ncccn2)c(Cl)c1. The highest BCUT2D eigenvalue weighted by Crippen LogP contribution is 2.28. The highest BCUT2D eigenvalue weighted by atomic mass is 35.5. The molecule has 2 aromatic rings. The summed E-state index contributed by atoms with van der Waals surface area (Å²) in [7, 11) is 0. The van der Waals surface area contributed by atoms with E-state index >= 15 is 0 Å². The lowest BCUT2D eigenvalue weighted by molar-refractivity contribution is 0.0697. The molecule has 0 aliphatic rings. The second kappa shape index (κ2) is 4.80. The fourth-order valence-corrected chi connectivity index (χ4v) is 1.37. The Labute approximate surface area is 102 Å². The summed E-state index contributed by atoms with van der Waals surface area (Å²) in [4.78, 5) is 18.4. The maximum atomic E-state index is 10.7. The summed E-state index contributed by atoms with van der Waals surface area (Å²) in [6, 6.07) is 5.97. The molecule has 17 heavy (non-hydrogen) atoms. The molecule has 0 aliphatic heterocycles. The van der Waals surface area contributed by atoms with Gasteiger partial charge in [0.05, 0.1) is 10.6 Å². The van der Waals surface area contributed by atoms with Crippen molar-refractivity contribution in [1.29, 1.82) is 0 Å². The van der Waals surface area contributed by atoms with E-state index in [9.17, 15) is 4.79 Å². The molecule has 1 N–H and O–H groups in total. The zero-order valence-corrected chi connectivity index (χ0v) is 9.26. The van der Waals surface area contributed by atoms with Crippen LogP contribution in [0.4, 0.5) is 0 Å². The van der Waals surface area contributed by atoms with Gasteiger partial charge in [-0.05, 0) is 24.3 Å². The van der Waals surface area contributed by atoms with E-state index in [4.69, 9.17) is 21.4 Å². The van der Waals surface area contributed by atoms with Gasteiger partial charge in [-0.15, -0.1) is 0 Å². The van der Waals surface area contributed by atoms with E-state index in [0.717, 1.165) is 0 Å². The van der Waals surface area contributed by atoms with Gasteiger partial charge in [-0.25, -0.2) is 14.8 Å². The van der Waals surface area contributed by atoms with E-state index in [2.05, 4.69) is 9.97 Å². The second-order valence-electron chi connectivity index (χ2n) is 3.08. The Hall–Kier alpha value is -2.14. The Balaban J connectivity index is 2.26. The fourth-order valence-electron chi connectivity index (χ4n) is 1.15. The van der Waals surface area contributed by atoms with Crippen molar-refractivity contribution in [2.24, 2.45) is 0 Å². The van der Waals surface area contributed by atoms with Crippen molar-refractivity contribution in [3.05, 3.63) is 47.2 Å². The monoisotopic (exact) mass is 250 g/mol. The van der Waals surface area contributed by atoms with Crippen molar-refractivity contribution in [3.63, 3.8) is 0 Å². The standard InChI is InChI=1S/C11H7ClN2O3/c12-8-6-7(10(15)16)2-3-9(8)17-11-13-4-1-5-14-11/h1-6H,(H,15,16). The number of carbonyl (C=O) groups is 1. The molecule has 1 aromatic heterocycles. The minimum Gasteiger partial charge on any atom is -0.478 e. The molecule has 5 nitrogen and oxygen atoms in total. The van der Waals surface area contributed by atoms with Crippen LogP contribution in [0, 0.1) is 0 Å². The van der Waals surface area contributed by atoms with E-state index in [0.29, 0.717) is 5.75 Å². The van der Waals surface area contributed by atoms with Crippen molar-refractivity contribution in [1.82, 2.24) is 9.97 Å². The van der Waals surface area contributed by atoms with Crippen LogP contribution in [-0.2, 0) is 0 Å². The van der Waals surface area contributed by atoms with Crippen LogP contribution in [0.2, 0.25) is 5.02 Å². The van der Waals surface area contributed by atoms with E-state index in [1.165, 1.54) is 30.6 Å². The Morgan fingerprint density at radius 3 is 2.59 bits per heavy atom. The van der Waals surface area contributed by atoms with Gasteiger partial charge in [-0.2, -0.15) is 0 Å². The highest BCUT2D eigenvalue weighted by molar-refractivity contribution is 6.32. The molecule has 0 aliphatic carbocycles. The number of halogens is 1. The van der Waals surface area contributed by atoms with Crippen LogP contribution >= 0.6 is 11.6 Å². The van der Waals surface area contributed by atoms with Gasteiger partial charge in [-0.3, -0.25) is 0 Å². The van der Waals surface area contributed by atoms with Crippen molar-refractivity contribution < 1.29 is 14.6 Å². The molecule has 1 aromatic carbocycles. The number of aromatic carboxylic acids is 1. The maximum Gasteiger partial charge on any atom is 0.335 e. The molecular formula is C11H7ClN2O3. The molecule has 0 bridgehead atoms. The topological polar surface area (TPSA) is 72.3 Å². The molecule has 6 heteroatoms. The number of carboxylic acids is 1. The van der Waals surface area contributed by atoms with Gasteiger partial charge < -0.3 is 9.84 Å². The van der Waals surface area contributed by atoms with Crippen LogP contribution in [0.1, 0.15) is 10.4 Å². The van der Waals surface area contributed by atoms with Gasteiger partial charge in [0.15, 0.2) is 0 Å². The Bertz CT molecular complexity index is 546. The predicted molar refractivity (Wildman–Crippen MR) is 60.5 cm³/mol. The van der Waals surface area contributed by atoms with Crippen LogP contribution < -0.4 is 4.74 Å². The van der Waals surface area contributed by atoms with E-state index in [1.807, 2.05) is 0 Å². The third-order valence-electron chi connectivity index (χ3n) is 1.92. The molecule has 0 amide bonds. The van der Waals surface area contributed by atoms with Crippen LogP contribution in [0.25, 0.3) is 0 Å². The average Bonchev–Trinajstić information content (AvgIpc) is 2.33. The number of nitrogens with zero attached hydrogens (tertiary/aromatic N) is 2. The summed E-state index contributed by atoms with van der Waals surface area (Å²) in [5.74, 6) is -0.739. The number of benzene rings is 1. The minimum absolute atomic E-state index is 0.0938. The van der Waals surface area contributed by atoms with E-state index in [-0.39, 0.29) is 16.6 Å². The number of hydrogen-bond acceptors (Lipinski definition) is 4. The van der Waals surface area contributed by atoms with Crippen molar-refractivity contribution in [3.8, 4) is 11.8 Å². The summed E-state index contributed by atoms with van der Waals surface area (Å²) in [5, 5.41) is 8.96. The summed E-state index contributed by atoms with van der Waals surface area (Å²) in [6.07, 6.45) is 3.06. The van der Waals surface area contributed by atoms with Crippen LogP contribution in [0.15, 0.2) is 36.7 Å². The van der Waals surface area contributed by atoms with Crippen LogP contribution in [-0.4, -0.2) is 21.0 Å². The zero-order chi connectivity index (χ0) is 12.3. The molecule has 0 atom stereocenters. The van der Waals surface area contributed by atoms with Gasteiger partial charge >= 0.3 is 12.0 Å². The summed E-state index contributed by atoms with van der Waals surface area (Å²) in [5.41, 5.74) is 0.0938. The Morgan fingerprint density at radius 1 is 1.29 bits per heavy atom. The van der Waals surface area contributed by atoms with Gasteiger partial charge in [0.2, 0.25) is 0 Å². The first kappa shape index (κ1) is 11.3. The third-order valence-corrected chi connectivity index (χ3v) is 2.22. The first-order valence-corrected chi connectivity index (χ1v) is 5.02. The average molecular weight is 251 g/mol. The smallest absolute Gasteiger partial charge is 0.335 e. The highest BCUT2D eigenvalue weighted by Gasteiger charge is 2.09. The maximum absolute atomic E-state index is 10.7. The Morgan fingerprint density at radius 2 is 2.00 bits per heavy atom. The summed E-state index contributed by atoms with van der Waals surface area (Å²) >= 11 is 5.88. The molecule has 0 saturated heterocycles. The number of aromatic nitrogens is 2. The molecule has 0 unspecified atom stereocenters. The normalized spacial score (nSPS) is 9.94. The number of rotatable bonds is 3. The largest absolute Gasteiger partial charge is 0.478 e. The van der Waals surface area contributed by atoms with Gasteiger partial charge in [-0.1, -0.05) is 11.6 Å². The van der Waals surface area contributed by atoms with Crippen LogP contribution in [0.3, 0.4) is 0 Å². The lowest BCUT2D eigenvalue weighted by Gasteiger charge is -2.05. The molecule has 0 spiro atoms. The molecule has 0 fully saturated rings. The van der Waals surface area contributed by atoms with E-state index in [1.54, 1.807) is 6.07 Å². The lowest BCUT2D eigenvalue weighted by atomic mass is 10.2. The Kier molecular flexibility index (Phi) is 3.20. The van der Waals surface area contributed by atoms with Crippen molar-refractivity contribution in [2.75, 3.05) is 0 Å². The minimum atomic E-state index is -1.05. The molecular weight excluding hydrogens is 244 g/mol. The number of ether oxygens (including phenoxy) is 1. The van der Waals surface area contributed by atoms with Gasteiger partial charge in [0.25, 0.3) is 0 Å². The molecule has 0 radical (unpaired) electrons. The number of carboxylic acid groups (broad SMARTS) is 1. The first-order chi connectivity index (χ1) is 8.16. The van der Waals surface area contributed by atoms with Gasteiger partial charge in [0.1, 0.15) is 5.75 Å². The van der Waals surface area contributed by atoms with Crippen molar-refractivity contribution in [2.45, 2.75) is 0 Å². The first-order valence-electron chi connectivity index (χ1n) is 4.64. The fraction of sp³-hybridized carbons (Fsp3) is 0. The summed E-state index contributed by atoms with van der Waals surface area (Å²) < 4.78 is 5.30. The third kappa shape index (κ3) is 2.70. The molecule has 2 rings (SSSR count). The second-order valence-corrected chi connectivity index (χ2v) is 3.49. The van der Waals surface area contributed by atoms with E-state index < -0.39 is 5.97 Å². The number of hydrogen-bond donors (Lipinski definition) is 1. The zero-order valence-electron chi connectivity index (χ0n) is 8.50. The molecule has 86 valence electrons.